The summed E-state index contributed by atoms with van der Waals surface area (Å²) in [6.45, 7) is 13.3. The molecule has 0 aromatic rings. The molecule has 1 saturated carbocycles. The van der Waals surface area contributed by atoms with Crippen LogP contribution in [0.25, 0.3) is 0 Å². The average Bonchev–Trinajstić information content (AvgIpc) is 3.41. The first kappa shape index (κ1) is 21.4. The standard InChI is InChI=1S/C19H38N4O3/c1-4-20-19(21-9-17(24)14-25-13-16-5-6-16)22-10-18-12-23(7-8-26-18)11-15(2)3/h15-18,24H,4-14H2,1-3H3,(H2,20,21,22). The number of nitrogens with one attached hydrogen (secondary N) is 2. The van der Waals surface area contributed by atoms with E-state index in [9.17, 15) is 5.11 Å². The molecule has 0 bridgehead atoms. The molecule has 2 rings (SSSR count). The van der Waals surface area contributed by atoms with E-state index in [4.69, 9.17) is 9.47 Å². The summed E-state index contributed by atoms with van der Waals surface area (Å²) in [6.07, 6.45) is 2.14. The first-order valence-electron chi connectivity index (χ1n) is 10.2. The first-order valence-corrected chi connectivity index (χ1v) is 10.2. The van der Waals surface area contributed by atoms with Crippen LogP contribution in [0.2, 0.25) is 0 Å². The zero-order chi connectivity index (χ0) is 18.8. The number of rotatable bonds is 11. The molecule has 0 radical (unpaired) electrons. The maximum absolute atomic E-state index is 10.0. The Morgan fingerprint density at radius 3 is 2.85 bits per heavy atom. The second-order valence-corrected chi connectivity index (χ2v) is 7.88. The highest BCUT2D eigenvalue weighted by Crippen LogP contribution is 2.28. The molecule has 0 aromatic heterocycles. The van der Waals surface area contributed by atoms with Crippen LogP contribution >= 0.6 is 0 Å². The number of hydrogen-bond donors (Lipinski definition) is 3. The normalized spacial score (nSPS) is 23.3. The summed E-state index contributed by atoms with van der Waals surface area (Å²) in [5.41, 5.74) is 0. The summed E-state index contributed by atoms with van der Waals surface area (Å²) in [4.78, 5) is 6.94. The van der Waals surface area contributed by atoms with Crippen molar-refractivity contribution in [3.8, 4) is 0 Å². The van der Waals surface area contributed by atoms with Crippen molar-refractivity contribution in [2.24, 2.45) is 16.8 Å². The molecule has 7 heteroatoms. The molecule has 1 saturated heterocycles. The van der Waals surface area contributed by atoms with Crippen molar-refractivity contribution in [2.75, 3.05) is 59.1 Å². The van der Waals surface area contributed by atoms with E-state index in [0.29, 0.717) is 25.6 Å². The minimum Gasteiger partial charge on any atom is -0.389 e. The van der Waals surface area contributed by atoms with Gasteiger partial charge >= 0.3 is 0 Å². The Balaban J connectivity index is 1.68. The van der Waals surface area contributed by atoms with Crippen molar-refractivity contribution < 1.29 is 14.6 Å². The zero-order valence-electron chi connectivity index (χ0n) is 16.7. The fourth-order valence-corrected chi connectivity index (χ4v) is 3.04. The molecule has 152 valence electrons. The maximum Gasteiger partial charge on any atom is 0.191 e. The number of hydrogen-bond acceptors (Lipinski definition) is 5. The van der Waals surface area contributed by atoms with E-state index in [2.05, 4.69) is 34.4 Å². The lowest BCUT2D eigenvalue weighted by Gasteiger charge is -2.34. The predicted octanol–water partition coefficient (Wildman–Crippen LogP) is 0.686. The molecular weight excluding hydrogens is 332 g/mol. The van der Waals surface area contributed by atoms with Gasteiger partial charge in [-0.1, -0.05) is 13.8 Å². The number of morpholine rings is 1. The Bertz CT molecular complexity index is 416. The van der Waals surface area contributed by atoms with Gasteiger partial charge in [0.1, 0.15) is 0 Å². The predicted molar refractivity (Wildman–Crippen MR) is 105 cm³/mol. The third kappa shape index (κ3) is 9.16. The first-order chi connectivity index (χ1) is 12.6. The van der Waals surface area contributed by atoms with E-state index < -0.39 is 6.10 Å². The number of nitrogens with zero attached hydrogens (tertiary/aromatic N) is 2. The van der Waals surface area contributed by atoms with E-state index in [1.54, 1.807) is 0 Å². The van der Waals surface area contributed by atoms with Gasteiger partial charge in [-0.25, -0.2) is 0 Å². The fourth-order valence-electron chi connectivity index (χ4n) is 3.04. The lowest BCUT2D eigenvalue weighted by Crippen LogP contribution is -2.50. The van der Waals surface area contributed by atoms with Crippen molar-refractivity contribution in [2.45, 2.75) is 45.8 Å². The van der Waals surface area contributed by atoms with E-state index >= 15 is 0 Å². The van der Waals surface area contributed by atoms with Gasteiger partial charge in [0.2, 0.25) is 0 Å². The Hall–Kier alpha value is -0.890. The molecule has 2 aliphatic rings. The van der Waals surface area contributed by atoms with Gasteiger partial charge in [0, 0.05) is 39.3 Å². The minimum absolute atomic E-state index is 0.165. The monoisotopic (exact) mass is 370 g/mol. The molecule has 26 heavy (non-hydrogen) atoms. The largest absolute Gasteiger partial charge is 0.389 e. The van der Waals surface area contributed by atoms with Crippen molar-refractivity contribution in [1.82, 2.24) is 15.5 Å². The Kier molecular flexibility index (Phi) is 9.67. The average molecular weight is 371 g/mol. The van der Waals surface area contributed by atoms with Crippen LogP contribution in [0.15, 0.2) is 4.99 Å². The highest BCUT2D eigenvalue weighted by atomic mass is 16.5. The topological polar surface area (TPSA) is 78.4 Å². The number of aliphatic imine (C=N–C) groups is 1. The summed E-state index contributed by atoms with van der Waals surface area (Å²) in [5.74, 6) is 2.11. The molecule has 0 aromatic carbocycles. The van der Waals surface area contributed by atoms with Gasteiger partial charge < -0.3 is 25.2 Å². The van der Waals surface area contributed by atoms with E-state index in [1.165, 1.54) is 12.8 Å². The second kappa shape index (κ2) is 11.7. The van der Waals surface area contributed by atoms with Gasteiger partial charge in [0.05, 0.1) is 32.0 Å². The van der Waals surface area contributed by atoms with Crippen LogP contribution in [-0.2, 0) is 9.47 Å². The molecule has 2 atom stereocenters. The third-order valence-corrected chi connectivity index (χ3v) is 4.51. The van der Waals surface area contributed by atoms with Crippen LogP contribution in [0.5, 0.6) is 0 Å². The van der Waals surface area contributed by atoms with Crippen molar-refractivity contribution in [3.05, 3.63) is 0 Å². The number of guanidine groups is 1. The quantitative estimate of drug-likeness (QED) is 0.367. The van der Waals surface area contributed by atoms with Crippen LogP contribution in [0.3, 0.4) is 0 Å². The van der Waals surface area contributed by atoms with Crippen LogP contribution in [0.1, 0.15) is 33.6 Å². The highest BCUT2D eigenvalue weighted by Gasteiger charge is 2.22. The van der Waals surface area contributed by atoms with E-state index in [-0.39, 0.29) is 6.10 Å². The summed E-state index contributed by atoms with van der Waals surface area (Å²) in [6, 6.07) is 0. The van der Waals surface area contributed by atoms with Crippen LogP contribution < -0.4 is 10.6 Å². The van der Waals surface area contributed by atoms with Crippen molar-refractivity contribution in [1.29, 1.82) is 0 Å². The Morgan fingerprint density at radius 1 is 1.35 bits per heavy atom. The van der Waals surface area contributed by atoms with E-state index in [1.807, 2.05) is 6.92 Å². The lowest BCUT2D eigenvalue weighted by molar-refractivity contribution is -0.0284. The third-order valence-electron chi connectivity index (χ3n) is 4.51. The summed E-state index contributed by atoms with van der Waals surface area (Å²) < 4.78 is 11.4. The SMILES string of the molecule is CCNC(=NCC(O)COCC1CC1)NCC1CN(CC(C)C)CCO1. The molecule has 3 N–H and O–H groups in total. The van der Waals surface area contributed by atoms with Crippen LogP contribution in [0.4, 0.5) is 0 Å². The zero-order valence-corrected chi connectivity index (χ0v) is 16.7. The molecule has 2 fully saturated rings. The van der Waals surface area contributed by atoms with Gasteiger partial charge in [-0.3, -0.25) is 9.89 Å². The molecule has 0 amide bonds. The van der Waals surface area contributed by atoms with Crippen molar-refractivity contribution in [3.63, 3.8) is 0 Å². The molecule has 7 nitrogen and oxygen atoms in total. The summed E-state index contributed by atoms with van der Waals surface area (Å²) in [5, 5.41) is 16.6. The maximum atomic E-state index is 10.0. The van der Waals surface area contributed by atoms with Gasteiger partial charge in [-0.05, 0) is 31.6 Å². The minimum atomic E-state index is -0.559. The van der Waals surface area contributed by atoms with Crippen LogP contribution in [-0.4, -0.2) is 87.3 Å². The molecule has 1 heterocycles. The number of ether oxygens (including phenoxy) is 2. The fraction of sp³-hybridized carbons (Fsp3) is 0.947. The molecular formula is C19H38N4O3. The van der Waals surface area contributed by atoms with Gasteiger partial charge in [-0.15, -0.1) is 0 Å². The van der Waals surface area contributed by atoms with Crippen molar-refractivity contribution >= 4 is 5.96 Å². The van der Waals surface area contributed by atoms with Crippen LogP contribution in [0, 0.1) is 11.8 Å². The van der Waals surface area contributed by atoms with Gasteiger partial charge in [0.25, 0.3) is 0 Å². The molecule has 1 aliphatic carbocycles. The van der Waals surface area contributed by atoms with E-state index in [0.717, 1.165) is 51.3 Å². The number of aliphatic hydroxyl groups excluding tert-OH is 1. The van der Waals surface area contributed by atoms with Gasteiger partial charge in [0.15, 0.2) is 5.96 Å². The smallest absolute Gasteiger partial charge is 0.191 e. The Labute approximate surface area is 158 Å². The second-order valence-electron chi connectivity index (χ2n) is 7.88. The highest BCUT2D eigenvalue weighted by molar-refractivity contribution is 5.79. The molecule has 2 unspecified atom stereocenters. The van der Waals surface area contributed by atoms with Gasteiger partial charge in [-0.2, -0.15) is 0 Å². The Morgan fingerprint density at radius 2 is 2.15 bits per heavy atom. The molecule has 0 spiro atoms. The molecule has 1 aliphatic heterocycles. The summed E-state index contributed by atoms with van der Waals surface area (Å²) in [7, 11) is 0. The number of aliphatic hydroxyl groups is 1. The lowest BCUT2D eigenvalue weighted by atomic mass is 10.2. The summed E-state index contributed by atoms with van der Waals surface area (Å²) >= 11 is 0.